The van der Waals surface area contributed by atoms with Crippen LogP contribution in [0.5, 0.6) is 5.88 Å². The number of carbonyl (C=O) groups is 2. The lowest BCUT2D eigenvalue weighted by Gasteiger charge is -2.32. The van der Waals surface area contributed by atoms with Gasteiger partial charge in [-0.2, -0.15) is 4.98 Å². The molecule has 1 fully saturated rings. The first-order valence-corrected chi connectivity index (χ1v) is 17.2. The van der Waals surface area contributed by atoms with Crippen molar-refractivity contribution in [1.29, 1.82) is 0 Å². The Labute approximate surface area is 276 Å². The number of benzene rings is 2. The van der Waals surface area contributed by atoms with Gasteiger partial charge in [0.05, 0.1) is 16.2 Å². The van der Waals surface area contributed by atoms with E-state index in [1.165, 1.54) is 18.2 Å². The van der Waals surface area contributed by atoms with Crippen LogP contribution < -0.4 is 20.1 Å². The number of alkyl carbamates (subject to hydrolysis) is 1. The molecule has 3 aromatic rings. The van der Waals surface area contributed by atoms with E-state index in [1.54, 1.807) is 0 Å². The number of anilines is 1. The Morgan fingerprint density at radius 1 is 0.979 bits per heavy atom. The largest absolute Gasteiger partial charge is 0.478 e. The number of nitrogens with one attached hydrogen (secondary N) is 3. The lowest BCUT2D eigenvalue weighted by molar-refractivity contribution is 0.0488. The molecule has 2 aromatic carbocycles. The zero-order valence-electron chi connectivity index (χ0n) is 28.0. The van der Waals surface area contributed by atoms with Crippen LogP contribution in [0.3, 0.4) is 0 Å². The molecule has 1 aliphatic carbocycles. The predicted octanol–water partition coefficient (Wildman–Crippen LogP) is 5.76. The summed E-state index contributed by atoms with van der Waals surface area (Å²) >= 11 is 0. The molecule has 0 aliphatic heterocycles. The van der Waals surface area contributed by atoms with Crippen molar-refractivity contribution in [2.45, 2.75) is 103 Å². The van der Waals surface area contributed by atoms with Gasteiger partial charge in [-0.05, 0) is 103 Å². The zero-order valence-corrected chi connectivity index (χ0v) is 28.8. The third kappa shape index (κ3) is 9.64. The number of carboxylic acid groups (broad SMARTS) is 1. The second kappa shape index (κ2) is 14.7. The first kappa shape index (κ1) is 35.6. The topological polar surface area (TPSA) is 169 Å². The summed E-state index contributed by atoms with van der Waals surface area (Å²) in [6.45, 7) is 13.5. The number of carboxylic acids is 1. The van der Waals surface area contributed by atoms with Gasteiger partial charge in [-0.15, -0.1) is 0 Å². The Kier molecular flexibility index (Phi) is 11.1. The van der Waals surface area contributed by atoms with Gasteiger partial charge >= 0.3 is 12.1 Å². The average molecular weight is 668 g/mol. The molecule has 1 atom stereocenters. The molecule has 4 N–H and O–H groups in total. The quantitative estimate of drug-likeness (QED) is 0.197. The molecule has 12 nitrogen and oxygen atoms in total. The molecular formula is C34H45N5O7S. The Bertz CT molecular complexity index is 1690. The van der Waals surface area contributed by atoms with Crippen LogP contribution in [-0.4, -0.2) is 65.9 Å². The maximum atomic E-state index is 13.3. The molecule has 1 amide bonds. The van der Waals surface area contributed by atoms with Crippen LogP contribution in [0.2, 0.25) is 0 Å². The molecule has 0 unspecified atom stereocenters. The van der Waals surface area contributed by atoms with Crippen molar-refractivity contribution in [2.24, 2.45) is 0 Å². The SMILES string of the molecule is Cc1cccc(C)c1-c1nc(NS(=O)(=O)c2cccc(C(=O)O)c2)nc(OC[C@@H](C)NC2CCC(NC(=O)OC(C)(C)C)CC2)c1C. The minimum atomic E-state index is -4.23. The van der Waals surface area contributed by atoms with Crippen molar-refractivity contribution < 1.29 is 32.6 Å². The van der Waals surface area contributed by atoms with E-state index in [0.29, 0.717) is 11.3 Å². The van der Waals surface area contributed by atoms with E-state index in [1.807, 2.05) is 66.7 Å². The number of rotatable bonds is 11. The van der Waals surface area contributed by atoms with Crippen LogP contribution in [0.25, 0.3) is 11.3 Å². The van der Waals surface area contributed by atoms with Crippen molar-refractivity contribution in [1.82, 2.24) is 20.6 Å². The molecule has 254 valence electrons. The first-order valence-electron chi connectivity index (χ1n) is 15.7. The summed E-state index contributed by atoms with van der Waals surface area (Å²) in [5.74, 6) is -1.20. The summed E-state index contributed by atoms with van der Waals surface area (Å²) in [5.41, 5.74) is 3.22. The highest BCUT2D eigenvalue weighted by Gasteiger charge is 2.26. The van der Waals surface area contributed by atoms with Crippen molar-refractivity contribution >= 4 is 28.0 Å². The first-order chi connectivity index (χ1) is 22.0. The van der Waals surface area contributed by atoms with Crippen molar-refractivity contribution in [3.8, 4) is 17.1 Å². The van der Waals surface area contributed by atoms with Gasteiger partial charge in [-0.1, -0.05) is 24.3 Å². The molecule has 0 bridgehead atoms. The summed E-state index contributed by atoms with van der Waals surface area (Å²) in [6, 6.07) is 11.2. The second-order valence-corrected chi connectivity index (χ2v) is 14.8. The molecule has 4 rings (SSSR count). The fourth-order valence-electron chi connectivity index (χ4n) is 5.62. The molecular weight excluding hydrogens is 622 g/mol. The normalized spacial score (nSPS) is 17.4. The van der Waals surface area contributed by atoms with Crippen molar-refractivity contribution in [2.75, 3.05) is 11.3 Å². The number of aromatic carboxylic acids is 1. The fourth-order valence-corrected chi connectivity index (χ4v) is 6.61. The standard InChI is InChI=1S/C34H45N5O7S/c1-20-10-8-11-21(2)28(20)29-23(4)30(38-32(37-29)39-47(43,44)27-13-9-12-24(18-27)31(40)41)45-19-22(3)35-25-14-16-26(17-15-25)36-33(42)46-34(5,6)7/h8-13,18,22,25-26,35H,14-17,19H2,1-7H3,(H,36,42)(H,40,41)(H,37,38,39)/t22-,25?,26?/m1/s1. The minimum Gasteiger partial charge on any atom is -0.478 e. The number of carbonyl (C=O) groups excluding carboxylic acids is 1. The van der Waals surface area contributed by atoms with E-state index < -0.39 is 27.7 Å². The number of hydrogen-bond donors (Lipinski definition) is 4. The minimum absolute atomic E-state index is 0.0627. The van der Waals surface area contributed by atoms with E-state index in [-0.39, 0.29) is 47.0 Å². The van der Waals surface area contributed by atoms with Gasteiger partial charge in [0.25, 0.3) is 10.0 Å². The van der Waals surface area contributed by atoms with E-state index >= 15 is 0 Å². The molecule has 1 saturated carbocycles. The lowest BCUT2D eigenvalue weighted by Crippen LogP contribution is -2.46. The van der Waals surface area contributed by atoms with Crippen LogP contribution in [0, 0.1) is 20.8 Å². The number of sulfonamides is 1. The monoisotopic (exact) mass is 667 g/mol. The molecule has 47 heavy (non-hydrogen) atoms. The Balaban J connectivity index is 1.50. The van der Waals surface area contributed by atoms with Gasteiger partial charge in [0, 0.05) is 29.3 Å². The summed E-state index contributed by atoms with van der Waals surface area (Å²) in [7, 11) is -4.23. The third-order valence-electron chi connectivity index (χ3n) is 7.87. The van der Waals surface area contributed by atoms with E-state index in [4.69, 9.17) is 9.47 Å². The van der Waals surface area contributed by atoms with Gasteiger partial charge in [-0.25, -0.2) is 27.7 Å². The van der Waals surface area contributed by atoms with Crippen LogP contribution >= 0.6 is 0 Å². The molecule has 1 heterocycles. The Morgan fingerprint density at radius 3 is 2.21 bits per heavy atom. The smallest absolute Gasteiger partial charge is 0.407 e. The highest BCUT2D eigenvalue weighted by Crippen LogP contribution is 2.33. The van der Waals surface area contributed by atoms with Crippen LogP contribution in [0.15, 0.2) is 47.4 Å². The van der Waals surface area contributed by atoms with Gasteiger partial charge in [-0.3, -0.25) is 0 Å². The second-order valence-electron chi connectivity index (χ2n) is 13.1. The van der Waals surface area contributed by atoms with Crippen LogP contribution in [0.1, 0.15) is 80.4 Å². The average Bonchev–Trinajstić information content (AvgIpc) is 2.97. The molecule has 13 heteroatoms. The molecule has 0 radical (unpaired) electrons. The molecule has 1 aromatic heterocycles. The van der Waals surface area contributed by atoms with Gasteiger partial charge in [0.2, 0.25) is 11.8 Å². The highest BCUT2D eigenvalue weighted by molar-refractivity contribution is 7.92. The lowest BCUT2D eigenvalue weighted by atomic mass is 9.91. The fraction of sp³-hybridized carbons (Fsp3) is 0.471. The highest BCUT2D eigenvalue weighted by atomic mass is 32.2. The van der Waals surface area contributed by atoms with Crippen molar-refractivity contribution in [3.63, 3.8) is 0 Å². The number of ether oxygens (including phenoxy) is 2. The Hall–Kier alpha value is -4.23. The summed E-state index contributed by atoms with van der Waals surface area (Å²) in [4.78, 5) is 32.4. The molecule has 0 spiro atoms. The van der Waals surface area contributed by atoms with Gasteiger partial charge in [0.1, 0.15) is 12.2 Å². The summed E-state index contributed by atoms with van der Waals surface area (Å²) in [5, 5.41) is 15.9. The van der Waals surface area contributed by atoms with E-state index in [0.717, 1.165) is 48.4 Å². The number of aromatic nitrogens is 2. The molecule has 1 aliphatic rings. The van der Waals surface area contributed by atoms with E-state index in [9.17, 15) is 23.1 Å². The Morgan fingerprint density at radius 2 is 1.60 bits per heavy atom. The van der Waals surface area contributed by atoms with Gasteiger partial charge < -0.3 is 25.2 Å². The summed E-state index contributed by atoms with van der Waals surface area (Å²) < 4.78 is 40.7. The number of aryl methyl sites for hydroxylation is 2. The van der Waals surface area contributed by atoms with Crippen LogP contribution in [0.4, 0.5) is 10.7 Å². The number of hydrogen-bond acceptors (Lipinski definition) is 9. The van der Waals surface area contributed by atoms with Crippen LogP contribution in [-0.2, 0) is 14.8 Å². The number of amides is 1. The maximum Gasteiger partial charge on any atom is 0.407 e. The van der Waals surface area contributed by atoms with Crippen molar-refractivity contribution in [3.05, 3.63) is 64.7 Å². The van der Waals surface area contributed by atoms with E-state index in [2.05, 4.69) is 25.3 Å². The third-order valence-corrected chi connectivity index (χ3v) is 9.20. The zero-order chi connectivity index (χ0) is 34.5. The summed E-state index contributed by atoms with van der Waals surface area (Å²) in [6.07, 6.45) is 3.01. The predicted molar refractivity (Wildman–Crippen MR) is 179 cm³/mol. The molecule has 0 saturated heterocycles. The maximum absolute atomic E-state index is 13.3. The number of nitrogens with zero attached hydrogens (tertiary/aromatic N) is 2. The van der Waals surface area contributed by atoms with Gasteiger partial charge in [0.15, 0.2) is 0 Å².